The number of hydrogen-bond donors (Lipinski definition) is 1. The van der Waals surface area contributed by atoms with Gasteiger partial charge in [-0.2, -0.15) is 0 Å². The minimum Gasteiger partial charge on any atom is -0.399 e. The Balaban J connectivity index is 2.77. The quantitative estimate of drug-likeness (QED) is 0.847. The van der Waals surface area contributed by atoms with Crippen molar-refractivity contribution in [3.8, 4) is 0 Å². The molecule has 2 heteroatoms. The van der Waals surface area contributed by atoms with Crippen LogP contribution in [0.3, 0.4) is 0 Å². The molecule has 0 bridgehead atoms. The van der Waals surface area contributed by atoms with Crippen LogP contribution in [0.25, 0.3) is 5.70 Å². The van der Waals surface area contributed by atoms with Gasteiger partial charge in [0.15, 0.2) is 0 Å². The van der Waals surface area contributed by atoms with Gasteiger partial charge in [0, 0.05) is 9.27 Å². The zero-order valence-electron chi connectivity index (χ0n) is 7.76. The third-order valence-electron chi connectivity index (χ3n) is 1.83. The van der Waals surface area contributed by atoms with E-state index in [1.54, 1.807) is 0 Å². The van der Waals surface area contributed by atoms with Gasteiger partial charge >= 0.3 is 0 Å². The van der Waals surface area contributed by atoms with Gasteiger partial charge in [-0.05, 0) is 46.7 Å². The largest absolute Gasteiger partial charge is 0.399 e. The predicted molar refractivity (Wildman–Crippen MR) is 66.2 cm³/mol. The Hall–Kier alpha value is -0.510. The van der Waals surface area contributed by atoms with Crippen molar-refractivity contribution in [2.75, 3.05) is 0 Å². The van der Waals surface area contributed by atoms with E-state index in [9.17, 15) is 0 Å². The van der Waals surface area contributed by atoms with Crippen molar-refractivity contribution in [2.45, 2.75) is 19.8 Å². The molecule has 1 aromatic carbocycles. The summed E-state index contributed by atoms with van der Waals surface area (Å²) < 4.78 is 1.24. The standard InChI is InChI=1S/C11H14IN/c1-2-3-4-11(13)9-5-7-10(12)8-6-9/h4-8H,2-3,13H2,1H3. The summed E-state index contributed by atoms with van der Waals surface area (Å²) in [6.45, 7) is 2.15. The Morgan fingerprint density at radius 3 is 2.54 bits per heavy atom. The van der Waals surface area contributed by atoms with Crippen molar-refractivity contribution in [1.29, 1.82) is 0 Å². The topological polar surface area (TPSA) is 26.0 Å². The Labute approximate surface area is 93.2 Å². The van der Waals surface area contributed by atoms with E-state index in [0.29, 0.717) is 0 Å². The van der Waals surface area contributed by atoms with Gasteiger partial charge in [-0.1, -0.05) is 31.6 Å². The average molecular weight is 287 g/mol. The van der Waals surface area contributed by atoms with Crippen LogP contribution in [0.2, 0.25) is 0 Å². The molecule has 1 aromatic rings. The summed E-state index contributed by atoms with van der Waals surface area (Å²) in [5.41, 5.74) is 7.90. The highest BCUT2D eigenvalue weighted by molar-refractivity contribution is 14.1. The van der Waals surface area contributed by atoms with Crippen molar-refractivity contribution in [1.82, 2.24) is 0 Å². The third kappa shape index (κ3) is 3.38. The molecule has 1 rings (SSSR count). The van der Waals surface area contributed by atoms with Gasteiger partial charge in [-0.3, -0.25) is 0 Å². The smallest absolute Gasteiger partial charge is 0.0347 e. The fourth-order valence-electron chi connectivity index (χ4n) is 1.06. The number of halogens is 1. The normalized spacial score (nSPS) is 11.7. The molecule has 0 unspecified atom stereocenters. The van der Waals surface area contributed by atoms with E-state index in [-0.39, 0.29) is 0 Å². The van der Waals surface area contributed by atoms with Crippen molar-refractivity contribution in [3.05, 3.63) is 39.5 Å². The van der Waals surface area contributed by atoms with Crippen LogP contribution in [0, 0.1) is 3.57 Å². The number of nitrogens with two attached hydrogens (primary N) is 1. The number of benzene rings is 1. The molecular formula is C11H14IN. The maximum Gasteiger partial charge on any atom is 0.0347 e. The molecule has 0 saturated carbocycles. The second kappa shape index (κ2) is 5.27. The molecule has 0 fully saturated rings. The zero-order valence-corrected chi connectivity index (χ0v) is 9.91. The van der Waals surface area contributed by atoms with Crippen molar-refractivity contribution < 1.29 is 0 Å². The summed E-state index contributed by atoms with van der Waals surface area (Å²) in [4.78, 5) is 0. The molecule has 0 heterocycles. The lowest BCUT2D eigenvalue weighted by molar-refractivity contribution is 0.958. The van der Waals surface area contributed by atoms with Crippen molar-refractivity contribution >= 4 is 28.3 Å². The molecule has 13 heavy (non-hydrogen) atoms. The number of hydrogen-bond acceptors (Lipinski definition) is 1. The third-order valence-corrected chi connectivity index (χ3v) is 2.55. The molecule has 2 N–H and O–H groups in total. The summed E-state index contributed by atoms with van der Waals surface area (Å²) in [6, 6.07) is 8.26. The van der Waals surface area contributed by atoms with Crippen molar-refractivity contribution in [3.63, 3.8) is 0 Å². The van der Waals surface area contributed by atoms with Gasteiger partial charge in [-0.15, -0.1) is 0 Å². The van der Waals surface area contributed by atoms with Gasteiger partial charge in [0.2, 0.25) is 0 Å². The molecule has 1 nitrogen and oxygen atoms in total. The molecule has 0 radical (unpaired) electrons. The molecule has 70 valence electrons. The van der Waals surface area contributed by atoms with Crippen LogP contribution in [0.1, 0.15) is 25.3 Å². The average Bonchev–Trinajstić information content (AvgIpc) is 2.15. The van der Waals surface area contributed by atoms with Crippen LogP contribution < -0.4 is 5.73 Å². The number of rotatable bonds is 3. The number of allylic oxidation sites excluding steroid dienone is 1. The highest BCUT2D eigenvalue weighted by Gasteiger charge is 1.94. The van der Waals surface area contributed by atoms with Crippen LogP contribution in [0.5, 0.6) is 0 Å². The maximum absolute atomic E-state index is 5.89. The number of unbranched alkanes of at least 4 members (excludes halogenated alkanes) is 1. The molecule has 0 spiro atoms. The molecule has 0 aromatic heterocycles. The fourth-order valence-corrected chi connectivity index (χ4v) is 1.42. The first kappa shape index (κ1) is 10.6. The highest BCUT2D eigenvalue weighted by Crippen LogP contribution is 2.12. The Kier molecular flexibility index (Phi) is 4.28. The van der Waals surface area contributed by atoms with Gasteiger partial charge < -0.3 is 5.73 Å². The summed E-state index contributed by atoms with van der Waals surface area (Å²) in [5, 5.41) is 0. The van der Waals surface area contributed by atoms with Crippen LogP contribution in [-0.4, -0.2) is 0 Å². The highest BCUT2D eigenvalue weighted by atomic mass is 127. The van der Waals surface area contributed by atoms with Gasteiger partial charge in [0.05, 0.1) is 0 Å². The van der Waals surface area contributed by atoms with E-state index in [4.69, 9.17) is 5.73 Å². The minimum atomic E-state index is 0.887. The fraction of sp³-hybridized carbons (Fsp3) is 0.273. The van der Waals surface area contributed by atoms with E-state index in [0.717, 1.165) is 24.1 Å². The van der Waals surface area contributed by atoms with Crippen LogP contribution in [0.4, 0.5) is 0 Å². The van der Waals surface area contributed by atoms with Crippen LogP contribution in [0.15, 0.2) is 30.3 Å². The monoisotopic (exact) mass is 287 g/mol. The SMILES string of the molecule is CCCC=C(N)c1ccc(I)cc1. The maximum atomic E-state index is 5.89. The first-order valence-corrected chi connectivity index (χ1v) is 5.53. The van der Waals surface area contributed by atoms with E-state index in [1.165, 1.54) is 3.57 Å². The van der Waals surface area contributed by atoms with E-state index < -0.39 is 0 Å². The van der Waals surface area contributed by atoms with E-state index in [1.807, 2.05) is 0 Å². The van der Waals surface area contributed by atoms with Gasteiger partial charge in [0.1, 0.15) is 0 Å². The lowest BCUT2D eigenvalue weighted by Gasteiger charge is -2.01. The molecule has 0 aliphatic carbocycles. The molecular weight excluding hydrogens is 273 g/mol. The Bertz CT molecular complexity index is 287. The lowest BCUT2D eigenvalue weighted by atomic mass is 10.1. The molecule has 0 atom stereocenters. The van der Waals surface area contributed by atoms with Gasteiger partial charge in [-0.25, -0.2) is 0 Å². The van der Waals surface area contributed by atoms with Crippen LogP contribution >= 0.6 is 22.6 Å². The summed E-state index contributed by atoms with van der Waals surface area (Å²) >= 11 is 2.29. The minimum absolute atomic E-state index is 0.887. The second-order valence-electron chi connectivity index (χ2n) is 2.96. The molecule has 0 aliphatic rings. The molecule has 0 aliphatic heterocycles. The van der Waals surface area contributed by atoms with Gasteiger partial charge in [0.25, 0.3) is 0 Å². The Morgan fingerprint density at radius 2 is 2.00 bits per heavy atom. The van der Waals surface area contributed by atoms with Crippen LogP contribution in [-0.2, 0) is 0 Å². The summed E-state index contributed by atoms with van der Waals surface area (Å²) in [7, 11) is 0. The lowest BCUT2D eigenvalue weighted by Crippen LogP contribution is -1.95. The summed E-state index contributed by atoms with van der Waals surface area (Å²) in [6.07, 6.45) is 4.28. The molecule has 0 saturated heterocycles. The Morgan fingerprint density at radius 1 is 1.38 bits per heavy atom. The van der Waals surface area contributed by atoms with E-state index >= 15 is 0 Å². The summed E-state index contributed by atoms with van der Waals surface area (Å²) in [5.74, 6) is 0. The first-order chi connectivity index (χ1) is 6.24. The van der Waals surface area contributed by atoms with E-state index in [2.05, 4.69) is 59.9 Å². The predicted octanol–water partition coefficient (Wildman–Crippen LogP) is 3.39. The first-order valence-electron chi connectivity index (χ1n) is 4.45. The van der Waals surface area contributed by atoms with Crippen molar-refractivity contribution in [2.24, 2.45) is 5.73 Å². The molecule has 0 amide bonds. The second-order valence-corrected chi connectivity index (χ2v) is 4.20. The zero-order chi connectivity index (χ0) is 9.68.